The van der Waals surface area contributed by atoms with Gasteiger partial charge in [0.25, 0.3) is 0 Å². The number of fused-ring (bicyclic) bond motifs is 1. The van der Waals surface area contributed by atoms with Crippen LogP contribution in [0.3, 0.4) is 0 Å². The number of hydrogen-bond acceptors (Lipinski definition) is 2. The van der Waals surface area contributed by atoms with Crippen LogP contribution in [0.2, 0.25) is 0 Å². The average Bonchev–Trinajstić information content (AvgIpc) is 2.51. The third-order valence-electron chi connectivity index (χ3n) is 6.78. The summed E-state index contributed by atoms with van der Waals surface area (Å²) in [7, 11) is 2.15. The van der Waals surface area contributed by atoms with Crippen molar-refractivity contribution in [2.45, 2.75) is 77.2 Å². The molecule has 2 nitrogen and oxygen atoms in total. The SMILES string of the molecule is CNCC1(CN2CCC[C@H]3CCCC[C@H]32)CCC(C)CC1. The first kappa shape index (κ1) is 15.8. The topological polar surface area (TPSA) is 15.3 Å². The highest BCUT2D eigenvalue weighted by Gasteiger charge is 2.40. The fourth-order valence-corrected chi connectivity index (χ4v) is 5.50. The Balaban J connectivity index is 1.66. The molecule has 0 aromatic heterocycles. The molecule has 1 aliphatic heterocycles. The first-order valence-corrected chi connectivity index (χ1v) is 9.61. The zero-order chi connectivity index (χ0) is 14.7. The normalized spacial score (nSPS) is 41.7. The van der Waals surface area contributed by atoms with E-state index in [1.807, 2.05) is 0 Å². The third-order valence-corrected chi connectivity index (χ3v) is 6.78. The lowest BCUT2D eigenvalue weighted by molar-refractivity contribution is 0.00644. The lowest BCUT2D eigenvalue weighted by atomic mass is 9.69. The summed E-state index contributed by atoms with van der Waals surface area (Å²) in [6.45, 7) is 6.43. The molecule has 0 radical (unpaired) electrons. The van der Waals surface area contributed by atoms with Gasteiger partial charge in [0, 0.05) is 19.1 Å². The van der Waals surface area contributed by atoms with Crippen LogP contribution in [0, 0.1) is 17.3 Å². The largest absolute Gasteiger partial charge is 0.319 e. The molecule has 2 saturated carbocycles. The van der Waals surface area contributed by atoms with E-state index in [0.717, 1.165) is 17.9 Å². The fourth-order valence-electron chi connectivity index (χ4n) is 5.50. The molecule has 3 rings (SSSR count). The first-order valence-electron chi connectivity index (χ1n) is 9.61. The average molecular weight is 293 g/mol. The second-order valence-corrected chi connectivity index (χ2v) is 8.44. The Kier molecular flexibility index (Phi) is 5.27. The van der Waals surface area contributed by atoms with Gasteiger partial charge in [0.05, 0.1) is 0 Å². The number of piperidine rings is 1. The maximum atomic E-state index is 3.53. The van der Waals surface area contributed by atoms with Crippen LogP contribution in [0.25, 0.3) is 0 Å². The molecule has 1 heterocycles. The summed E-state index contributed by atoms with van der Waals surface area (Å²) >= 11 is 0. The molecule has 3 fully saturated rings. The second-order valence-electron chi connectivity index (χ2n) is 8.44. The highest BCUT2D eigenvalue weighted by atomic mass is 15.2. The first-order chi connectivity index (χ1) is 10.2. The molecule has 0 unspecified atom stereocenters. The van der Waals surface area contributed by atoms with Crippen molar-refractivity contribution in [3.63, 3.8) is 0 Å². The van der Waals surface area contributed by atoms with E-state index in [0.29, 0.717) is 5.41 Å². The van der Waals surface area contributed by atoms with Gasteiger partial charge in [0.2, 0.25) is 0 Å². The van der Waals surface area contributed by atoms with Gasteiger partial charge < -0.3 is 5.32 Å². The lowest BCUT2D eigenvalue weighted by Gasteiger charge is -2.50. The molecular weight excluding hydrogens is 256 g/mol. The summed E-state index contributed by atoms with van der Waals surface area (Å²) in [5, 5.41) is 3.53. The minimum absolute atomic E-state index is 0.570. The van der Waals surface area contributed by atoms with Crippen molar-refractivity contribution < 1.29 is 0 Å². The Morgan fingerprint density at radius 1 is 1.00 bits per heavy atom. The van der Waals surface area contributed by atoms with Crippen LogP contribution in [-0.2, 0) is 0 Å². The van der Waals surface area contributed by atoms with Crippen molar-refractivity contribution >= 4 is 0 Å². The van der Waals surface area contributed by atoms with Gasteiger partial charge in [-0.1, -0.05) is 32.6 Å². The molecule has 0 aromatic rings. The van der Waals surface area contributed by atoms with Crippen LogP contribution in [-0.4, -0.2) is 37.6 Å². The molecule has 2 aliphatic carbocycles. The molecule has 0 amide bonds. The van der Waals surface area contributed by atoms with E-state index < -0.39 is 0 Å². The Morgan fingerprint density at radius 3 is 2.48 bits per heavy atom. The van der Waals surface area contributed by atoms with E-state index in [4.69, 9.17) is 0 Å². The van der Waals surface area contributed by atoms with Gasteiger partial charge in [-0.05, 0) is 69.4 Å². The zero-order valence-corrected chi connectivity index (χ0v) is 14.4. The van der Waals surface area contributed by atoms with E-state index >= 15 is 0 Å². The summed E-state index contributed by atoms with van der Waals surface area (Å²) in [6, 6.07) is 0.931. The summed E-state index contributed by atoms with van der Waals surface area (Å²) in [6.07, 6.45) is 14.7. The van der Waals surface area contributed by atoms with Gasteiger partial charge in [0.1, 0.15) is 0 Å². The van der Waals surface area contributed by atoms with Crippen molar-refractivity contribution in [3.05, 3.63) is 0 Å². The van der Waals surface area contributed by atoms with E-state index in [2.05, 4.69) is 24.2 Å². The summed E-state index contributed by atoms with van der Waals surface area (Å²) in [5.41, 5.74) is 0.570. The van der Waals surface area contributed by atoms with Gasteiger partial charge in [-0.15, -0.1) is 0 Å². The second kappa shape index (κ2) is 7.00. The van der Waals surface area contributed by atoms with Gasteiger partial charge >= 0.3 is 0 Å². The van der Waals surface area contributed by atoms with Crippen molar-refractivity contribution in [2.24, 2.45) is 17.3 Å². The molecule has 1 N–H and O–H groups in total. The zero-order valence-electron chi connectivity index (χ0n) is 14.4. The van der Waals surface area contributed by atoms with Crippen molar-refractivity contribution in [2.75, 3.05) is 26.7 Å². The molecule has 3 aliphatic rings. The lowest BCUT2D eigenvalue weighted by Crippen LogP contribution is -2.53. The molecule has 0 spiro atoms. The highest BCUT2D eigenvalue weighted by Crippen LogP contribution is 2.42. The van der Waals surface area contributed by atoms with Gasteiger partial charge in [-0.3, -0.25) is 4.90 Å². The summed E-state index contributed by atoms with van der Waals surface area (Å²) in [4.78, 5) is 2.93. The maximum Gasteiger partial charge on any atom is 0.0124 e. The molecule has 122 valence electrons. The van der Waals surface area contributed by atoms with Gasteiger partial charge in [-0.25, -0.2) is 0 Å². The van der Waals surface area contributed by atoms with Crippen molar-refractivity contribution in [1.82, 2.24) is 10.2 Å². The number of likely N-dealkylation sites (tertiary alicyclic amines) is 1. The summed E-state index contributed by atoms with van der Waals surface area (Å²) in [5.74, 6) is 1.99. The van der Waals surface area contributed by atoms with E-state index in [9.17, 15) is 0 Å². The van der Waals surface area contributed by atoms with Crippen LogP contribution in [0.5, 0.6) is 0 Å². The fraction of sp³-hybridized carbons (Fsp3) is 1.00. The van der Waals surface area contributed by atoms with Crippen LogP contribution in [0.4, 0.5) is 0 Å². The monoisotopic (exact) mass is 292 g/mol. The van der Waals surface area contributed by atoms with Crippen LogP contribution < -0.4 is 5.32 Å². The molecule has 21 heavy (non-hydrogen) atoms. The maximum absolute atomic E-state index is 3.53. The minimum Gasteiger partial charge on any atom is -0.319 e. The van der Waals surface area contributed by atoms with E-state index in [1.54, 1.807) is 0 Å². The molecule has 2 atom stereocenters. The van der Waals surface area contributed by atoms with Crippen LogP contribution >= 0.6 is 0 Å². The minimum atomic E-state index is 0.570. The number of hydrogen-bond donors (Lipinski definition) is 1. The third kappa shape index (κ3) is 3.64. The predicted octanol–water partition coefficient (Wildman–Crippen LogP) is 4.06. The molecular formula is C19H36N2. The molecule has 1 saturated heterocycles. The Labute approximate surface area is 132 Å². The van der Waals surface area contributed by atoms with Crippen LogP contribution in [0.1, 0.15) is 71.1 Å². The molecule has 0 bridgehead atoms. The Hall–Kier alpha value is -0.0800. The Bertz CT molecular complexity index is 318. The standard InChI is InChI=1S/C19H36N2/c1-16-9-11-19(12-10-16,14-20-2)15-21-13-5-7-17-6-3-4-8-18(17)21/h16-18,20H,3-15H2,1-2H3/t16?,17-,18-,19?/m1/s1. The van der Waals surface area contributed by atoms with Gasteiger partial charge in [0.15, 0.2) is 0 Å². The van der Waals surface area contributed by atoms with E-state index in [-0.39, 0.29) is 0 Å². The number of rotatable bonds is 4. The Morgan fingerprint density at radius 2 is 1.71 bits per heavy atom. The van der Waals surface area contributed by atoms with Crippen LogP contribution in [0.15, 0.2) is 0 Å². The van der Waals surface area contributed by atoms with Gasteiger partial charge in [-0.2, -0.15) is 0 Å². The van der Waals surface area contributed by atoms with E-state index in [1.165, 1.54) is 83.8 Å². The van der Waals surface area contributed by atoms with Crippen molar-refractivity contribution in [1.29, 1.82) is 0 Å². The quantitative estimate of drug-likeness (QED) is 0.840. The van der Waals surface area contributed by atoms with Crippen molar-refractivity contribution in [3.8, 4) is 0 Å². The predicted molar refractivity (Wildman–Crippen MR) is 90.5 cm³/mol. The number of nitrogens with one attached hydrogen (secondary N) is 1. The summed E-state index contributed by atoms with van der Waals surface area (Å²) < 4.78 is 0. The smallest absolute Gasteiger partial charge is 0.0124 e. The molecule has 2 heteroatoms. The number of nitrogens with zero attached hydrogens (tertiary/aromatic N) is 1. The molecule has 0 aromatic carbocycles. The highest BCUT2D eigenvalue weighted by molar-refractivity contribution is 4.94.